The maximum Gasteiger partial charge on any atom is 0.292 e. The number of carbonyl (C=O) groups excluding carboxylic acids is 1. The summed E-state index contributed by atoms with van der Waals surface area (Å²) < 4.78 is 5.10. The standard InChI is InChI=1S/C14H23N3O2/c1-3-8-17(12-6-4-11(15)5-7-12)14(18)13-10(2)9-16-19-13/h9,11-12H,3-8,15H2,1-2H3. The fraction of sp³-hybridized carbons (Fsp3) is 0.714. The fourth-order valence-electron chi connectivity index (χ4n) is 2.73. The van der Waals surface area contributed by atoms with Crippen LogP contribution in [0.4, 0.5) is 0 Å². The van der Waals surface area contributed by atoms with Crippen molar-refractivity contribution in [2.75, 3.05) is 6.54 Å². The summed E-state index contributed by atoms with van der Waals surface area (Å²) in [6.07, 6.45) is 6.50. The van der Waals surface area contributed by atoms with Crippen LogP contribution in [0.1, 0.15) is 55.1 Å². The highest BCUT2D eigenvalue weighted by Gasteiger charge is 2.30. The monoisotopic (exact) mass is 265 g/mol. The third kappa shape index (κ3) is 3.15. The SMILES string of the molecule is CCCN(C(=O)c1oncc1C)C1CCC(N)CC1. The van der Waals surface area contributed by atoms with Gasteiger partial charge in [-0.3, -0.25) is 4.79 Å². The second kappa shape index (κ2) is 6.19. The first-order chi connectivity index (χ1) is 9.13. The van der Waals surface area contributed by atoms with Crippen molar-refractivity contribution in [1.29, 1.82) is 0 Å². The van der Waals surface area contributed by atoms with Crippen LogP contribution in [0.15, 0.2) is 10.7 Å². The lowest BCUT2D eigenvalue weighted by Gasteiger charge is -2.35. The van der Waals surface area contributed by atoms with E-state index in [0.29, 0.717) is 11.8 Å². The van der Waals surface area contributed by atoms with Gasteiger partial charge in [-0.25, -0.2) is 0 Å². The van der Waals surface area contributed by atoms with Crippen molar-refractivity contribution in [2.24, 2.45) is 5.73 Å². The third-order valence-corrected chi connectivity index (χ3v) is 3.85. The lowest BCUT2D eigenvalue weighted by atomic mass is 9.90. The summed E-state index contributed by atoms with van der Waals surface area (Å²) in [5.41, 5.74) is 6.74. The van der Waals surface area contributed by atoms with E-state index in [0.717, 1.165) is 44.2 Å². The first kappa shape index (κ1) is 14.1. The average Bonchev–Trinajstić information content (AvgIpc) is 2.83. The van der Waals surface area contributed by atoms with Crippen molar-refractivity contribution in [3.63, 3.8) is 0 Å². The van der Waals surface area contributed by atoms with Crippen LogP contribution >= 0.6 is 0 Å². The summed E-state index contributed by atoms with van der Waals surface area (Å²) in [6.45, 7) is 4.70. The zero-order valence-electron chi connectivity index (χ0n) is 11.8. The topological polar surface area (TPSA) is 72.4 Å². The van der Waals surface area contributed by atoms with Gasteiger partial charge in [-0.05, 0) is 39.0 Å². The molecular formula is C14H23N3O2. The molecule has 0 bridgehead atoms. The molecule has 5 nitrogen and oxygen atoms in total. The van der Waals surface area contributed by atoms with Crippen LogP contribution in [0.5, 0.6) is 0 Å². The average molecular weight is 265 g/mol. The molecule has 1 aromatic rings. The maximum atomic E-state index is 12.6. The highest BCUT2D eigenvalue weighted by Crippen LogP contribution is 2.24. The van der Waals surface area contributed by atoms with Gasteiger partial charge in [0, 0.05) is 24.2 Å². The number of nitrogens with two attached hydrogens (primary N) is 1. The molecule has 0 radical (unpaired) electrons. The van der Waals surface area contributed by atoms with Gasteiger partial charge < -0.3 is 15.2 Å². The predicted octanol–water partition coefficient (Wildman–Crippen LogP) is 2.11. The smallest absolute Gasteiger partial charge is 0.292 e. The number of aryl methyl sites for hydroxylation is 1. The summed E-state index contributed by atoms with van der Waals surface area (Å²) in [5.74, 6) is 0.348. The van der Waals surface area contributed by atoms with Crippen LogP contribution < -0.4 is 5.73 Å². The molecule has 1 amide bonds. The molecular weight excluding hydrogens is 242 g/mol. The van der Waals surface area contributed by atoms with Gasteiger partial charge in [-0.2, -0.15) is 0 Å². The molecule has 1 heterocycles. The minimum atomic E-state index is -0.0303. The number of hydrogen-bond acceptors (Lipinski definition) is 4. The molecule has 0 saturated heterocycles. The van der Waals surface area contributed by atoms with Gasteiger partial charge in [0.2, 0.25) is 5.76 Å². The molecule has 5 heteroatoms. The lowest BCUT2D eigenvalue weighted by Crippen LogP contribution is -2.44. The highest BCUT2D eigenvalue weighted by atomic mass is 16.5. The first-order valence-electron chi connectivity index (χ1n) is 7.11. The van der Waals surface area contributed by atoms with Crippen molar-refractivity contribution in [1.82, 2.24) is 10.1 Å². The predicted molar refractivity (Wildman–Crippen MR) is 72.8 cm³/mol. The number of rotatable bonds is 4. The quantitative estimate of drug-likeness (QED) is 0.905. The molecule has 1 saturated carbocycles. The van der Waals surface area contributed by atoms with Crippen molar-refractivity contribution >= 4 is 5.91 Å². The second-order valence-electron chi connectivity index (χ2n) is 5.41. The highest BCUT2D eigenvalue weighted by molar-refractivity contribution is 5.92. The largest absolute Gasteiger partial charge is 0.351 e. The first-order valence-corrected chi connectivity index (χ1v) is 7.11. The minimum absolute atomic E-state index is 0.0303. The van der Waals surface area contributed by atoms with E-state index < -0.39 is 0 Å². The molecule has 0 spiro atoms. The Hall–Kier alpha value is -1.36. The normalized spacial score (nSPS) is 23.3. The number of aromatic nitrogens is 1. The van der Waals surface area contributed by atoms with Crippen molar-refractivity contribution in [3.8, 4) is 0 Å². The molecule has 0 aliphatic heterocycles. The Balaban J connectivity index is 2.11. The van der Waals surface area contributed by atoms with E-state index in [-0.39, 0.29) is 11.9 Å². The summed E-state index contributed by atoms with van der Waals surface area (Å²) in [6, 6.07) is 0.582. The Kier molecular flexibility index (Phi) is 4.58. The van der Waals surface area contributed by atoms with Crippen molar-refractivity contribution < 1.29 is 9.32 Å². The summed E-state index contributed by atoms with van der Waals surface area (Å²) >= 11 is 0. The minimum Gasteiger partial charge on any atom is -0.351 e. The zero-order valence-corrected chi connectivity index (χ0v) is 11.8. The summed E-state index contributed by atoms with van der Waals surface area (Å²) in [5, 5.41) is 3.70. The Morgan fingerprint density at radius 1 is 1.47 bits per heavy atom. The molecule has 106 valence electrons. The second-order valence-corrected chi connectivity index (χ2v) is 5.41. The van der Waals surface area contributed by atoms with Crippen LogP contribution in [-0.2, 0) is 0 Å². The van der Waals surface area contributed by atoms with Crippen LogP contribution in [-0.4, -0.2) is 34.6 Å². The Morgan fingerprint density at radius 3 is 2.68 bits per heavy atom. The van der Waals surface area contributed by atoms with Gasteiger partial charge in [-0.15, -0.1) is 0 Å². The van der Waals surface area contributed by atoms with E-state index in [1.807, 2.05) is 11.8 Å². The van der Waals surface area contributed by atoms with Crippen LogP contribution in [0.2, 0.25) is 0 Å². The van der Waals surface area contributed by atoms with Crippen LogP contribution in [0.3, 0.4) is 0 Å². The molecule has 1 aromatic heterocycles. The maximum absolute atomic E-state index is 12.6. The fourth-order valence-corrected chi connectivity index (χ4v) is 2.73. The molecule has 2 N–H and O–H groups in total. The Labute approximate surface area is 114 Å². The van der Waals surface area contributed by atoms with E-state index in [2.05, 4.69) is 12.1 Å². The van der Waals surface area contributed by atoms with Gasteiger partial charge in [0.15, 0.2) is 0 Å². The van der Waals surface area contributed by atoms with E-state index in [1.165, 1.54) is 0 Å². The van der Waals surface area contributed by atoms with E-state index in [9.17, 15) is 4.79 Å². The number of nitrogens with zero attached hydrogens (tertiary/aromatic N) is 2. The van der Waals surface area contributed by atoms with E-state index in [4.69, 9.17) is 10.3 Å². The van der Waals surface area contributed by atoms with Crippen LogP contribution in [0, 0.1) is 6.92 Å². The molecule has 0 unspecified atom stereocenters. The van der Waals surface area contributed by atoms with Crippen molar-refractivity contribution in [2.45, 2.75) is 58.0 Å². The molecule has 2 rings (SSSR count). The van der Waals surface area contributed by atoms with Crippen LogP contribution in [0.25, 0.3) is 0 Å². The Bertz CT molecular complexity index is 422. The van der Waals surface area contributed by atoms with Gasteiger partial charge >= 0.3 is 0 Å². The van der Waals surface area contributed by atoms with E-state index in [1.54, 1.807) is 6.20 Å². The van der Waals surface area contributed by atoms with Crippen molar-refractivity contribution in [3.05, 3.63) is 17.5 Å². The van der Waals surface area contributed by atoms with Gasteiger partial charge in [0.1, 0.15) is 0 Å². The van der Waals surface area contributed by atoms with E-state index >= 15 is 0 Å². The number of hydrogen-bond donors (Lipinski definition) is 1. The number of carbonyl (C=O) groups is 1. The molecule has 19 heavy (non-hydrogen) atoms. The third-order valence-electron chi connectivity index (χ3n) is 3.85. The molecule has 0 atom stereocenters. The summed E-state index contributed by atoms with van der Waals surface area (Å²) in [4.78, 5) is 14.5. The summed E-state index contributed by atoms with van der Waals surface area (Å²) in [7, 11) is 0. The molecule has 1 aliphatic carbocycles. The van der Waals surface area contributed by atoms with Gasteiger partial charge in [0.25, 0.3) is 5.91 Å². The van der Waals surface area contributed by atoms with Gasteiger partial charge in [-0.1, -0.05) is 12.1 Å². The van der Waals surface area contributed by atoms with Gasteiger partial charge in [0.05, 0.1) is 6.20 Å². The zero-order chi connectivity index (χ0) is 13.8. The number of amides is 1. The molecule has 1 fully saturated rings. The lowest BCUT2D eigenvalue weighted by molar-refractivity contribution is 0.0584. The molecule has 0 aromatic carbocycles. The molecule has 1 aliphatic rings. The Morgan fingerprint density at radius 2 is 2.16 bits per heavy atom.